The summed E-state index contributed by atoms with van der Waals surface area (Å²) in [4.78, 5) is 71.2. The smallest absolute Gasteiger partial charge is 0.312 e. The summed E-state index contributed by atoms with van der Waals surface area (Å²) in [7, 11) is 0. The van der Waals surface area contributed by atoms with Crippen LogP contribution in [0.5, 0.6) is 0 Å². The van der Waals surface area contributed by atoms with Gasteiger partial charge in [-0.15, -0.1) is 0 Å². The van der Waals surface area contributed by atoms with Crippen LogP contribution in [0.4, 0.5) is 4.79 Å². The fourth-order valence-electron chi connectivity index (χ4n) is 3.11. The molecule has 0 aliphatic carbocycles. The van der Waals surface area contributed by atoms with Crippen LogP contribution in [0.2, 0.25) is 0 Å². The van der Waals surface area contributed by atoms with Crippen molar-refractivity contribution in [3.05, 3.63) is 35.9 Å². The number of urea groups is 1. The summed E-state index contributed by atoms with van der Waals surface area (Å²) < 4.78 is 0. The van der Waals surface area contributed by atoms with Crippen molar-refractivity contribution in [2.45, 2.75) is 44.3 Å². The Morgan fingerprint density at radius 2 is 1.53 bits per heavy atom. The predicted molar refractivity (Wildman–Crippen MR) is 128 cm³/mol. The van der Waals surface area contributed by atoms with Crippen LogP contribution < -0.4 is 38.1 Å². The lowest BCUT2D eigenvalue weighted by Crippen LogP contribution is -2.56. The molecular formula is C22H33N7O7. The fourth-order valence-corrected chi connectivity index (χ4v) is 3.11. The molecule has 7 amide bonds. The van der Waals surface area contributed by atoms with Gasteiger partial charge in [-0.1, -0.05) is 30.3 Å². The molecule has 0 unspecified atom stereocenters. The maximum atomic E-state index is 12.8. The molecule has 0 heterocycles. The first-order valence-electron chi connectivity index (χ1n) is 11.2. The molecule has 0 fully saturated rings. The van der Waals surface area contributed by atoms with Gasteiger partial charge in [-0.2, -0.15) is 0 Å². The number of hydrogen-bond acceptors (Lipinski definition) is 7. The summed E-state index contributed by atoms with van der Waals surface area (Å²) in [5, 5.41) is 21.3. The van der Waals surface area contributed by atoms with Gasteiger partial charge >= 0.3 is 6.03 Å². The van der Waals surface area contributed by atoms with E-state index in [4.69, 9.17) is 11.5 Å². The molecule has 1 rings (SSSR count). The molecule has 14 heteroatoms. The molecule has 0 aliphatic heterocycles. The van der Waals surface area contributed by atoms with E-state index >= 15 is 0 Å². The zero-order valence-corrected chi connectivity index (χ0v) is 19.9. The van der Waals surface area contributed by atoms with Gasteiger partial charge in [0.15, 0.2) is 0 Å². The van der Waals surface area contributed by atoms with Gasteiger partial charge in [0.05, 0.1) is 13.2 Å². The number of amides is 7. The van der Waals surface area contributed by atoms with Crippen LogP contribution >= 0.6 is 0 Å². The summed E-state index contributed by atoms with van der Waals surface area (Å²) >= 11 is 0. The van der Waals surface area contributed by atoms with Gasteiger partial charge in [-0.3, -0.25) is 24.0 Å². The molecule has 0 saturated heterocycles. The van der Waals surface area contributed by atoms with E-state index in [-0.39, 0.29) is 19.4 Å². The number of benzene rings is 1. The van der Waals surface area contributed by atoms with Crippen LogP contribution in [0, 0.1) is 0 Å². The quantitative estimate of drug-likeness (QED) is 0.113. The van der Waals surface area contributed by atoms with E-state index in [1.165, 1.54) is 6.92 Å². The minimum atomic E-state index is -1.27. The number of nitrogens with one attached hydrogen (secondary N) is 5. The second-order valence-corrected chi connectivity index (χ2v) is 7.86. The number of rotatable bonds is 15. The van der Waals surface area contributed by atoms with Crippen molar-refractivity contribution in [2.24, 2.45) is 11.5 Å². The van der Waals surface area contributed by atoms with Gasteiger partial charge in [-0.05, 0) is 18.4 Å². The van der Waals surface area contributed by atoms with Crippen molar-refractivity contribution in [3.8, 4) is 0 Å². The third kappa shape index (κ3) is 11.8. The van der Waals surface area contributed by atoms with Crippen molar-refractivity contribution < 1.29 is 33.9 Å². The maximum Gasteiger partial charge on any atom is 0.312 e. The second-order valence-electron chi connectivity index (χ2n) is 7.86. The first kappa shape index (κ1) is 29.8. The average Bonchev–Trinajstić information content (AvgIpc) is 2.82. The molecule has 0 radical (unpaired) electrons. The maximum absolute atomic E-state index is 12.8. The van der Waals surface area contributed by atoms with E-state index in [2.05, 4.69) is 26.6 Å². The van der Waals surface area contributed by atoms with Gasteiger partial charge in [0.2, 0.25) is 29.5 Å². The average molecular weight is 508 g/mol. The Balaban J connectivity index is 2.77. The minimum absolute atomic E-state index is 0.0645. The van der Waals surface area contributed by atoms with Crippen molar-refractivity contribution >= 4 is 35.6 Å². The summed E-state index contributed by atoms with van der Waals surface area (Å²) in [5.74, 6) is -3.53. The van der Waals surface area contributed by atoms with Crippen molar-refractivity contribution in [3.63, 3.8) is 0 Å². The van der Waals surface area contributed by atoms with Gasteiger partial charge in [-0.25, -0.2) is 4.79 Å². The van der Waals surface area contributed by atoms with E-state index in [1.807, 2.05) is 0 Å². The highest BCUT2D eigenvalue weighted by Gasteiger charge is 2.27. The Hall–Kier alpha value is -4.20. The minimum Gasteiger partial charge on any atom is -0.394 e. The topological polar surface area (TPSA) is 235 Å². The van der Waals surface area contributed by atoms with E-state index in [9.17, 15) is 33.9 Å². The largest absolute Gasteiger partial charge is 0.394 e. The predicted octanol–water partition coefficient (Wildman–Crippen LogP) is -3.25. The zero-order valence-electron chi connectivity index (χ0n) is 19.9. The van der Waals surface area contributed by atoms with Crippen molar-refractivity contribution in [1.29, 1.82) is 0 Å². The van der Waals surface area contributed by atoms with Crippen LogP contribution in [-0.4, -0.2) is 78.5 Å². The van der Waals surface area contributed by atoms with Crippen LogP contribution in [0.1, 0.15) is 25.3 Å². The normalized spacial score (nSPS) is 12.8. The molecule has 36 heavy (non-hydrogen) atoms. The molecule has 0 aliphatic rings. The SMILES string of the molecule is CC(=O)N[C@@H](CO)C(=O)N[C@@H](Cc1ccccc1)C(=O)NCC(=O)N[C@@H](CCCNC(N)=O)C(N)=O. The summed E-state index contributed by atoms with van der Waals surface area (Å²) in [5.41, 5.74) is 11.0. The van der Waals surface area contributed by atoms with Crippen molar-refractivity contribution in [2.75, 3.05) is 19.7 Å². The number of hydrogen-bond donors (Lipinski definition) is 8. The zero-order chi connectivity index (χ0) is 27.1. The van der Waals surface area contributed by atoms with Gasteiger partial charge in [0, 0.05) is 19.9 Å². The third-order valence-corrected chi connectivity index (χ3v) is 4.86. The van der Waals surface area contributed by atoms with Gasteiger partial charge < -0.3 is 43.2 Å². The van der Waals surface area contributed by atoms with E-state index in [0.717, 1.165) is 0 Å². The van der Waals surface area contributed by atoms with E-state index in [1.54, 1.807) is 30.3 Å². The standard InChI is InChI=1S/C22H33N7O7/c1-13(31)27-17(12-30)21(35)29-16(10-14-6-3-2-4-7-14)20(34)26-11-18(32)28-15(19(23)33)8-5-9-25-22(24)36/h2-4,6-7,15-17,30H,5,8-12H2,1H3,(H2,23,33)(H,26,34)(H,27,31)(H,28,32)(H,29,35)(H3,24,25,36)/t15-,16-,17-/m0/s1. The molecule has 3 atom stereocenters. The molecule has 0 spiro atoms. The van der Waals surface area contributed by atoms with Crippen molar-refractivity contribution in [1.82, 2.24) is 26.6 Å². The molecule has 0 saturated carbocycles. The Labute approximate surface area is 207 Å². The summed E-state index contributed by atoms with van der Waals surface area (Å²) in [6.07, 6.45) is 0.511. The summed E-state index contributed by atoms with van der Waals surface area (Å²) in [6.45, 7) is 0.158. The summed E-state index contributed by atoms with van der Waals surface area (Å²) in [6, 6.07) is 4.58. The highest BCUT2D eigenvalue weighted by molar-refractivity contribution is 5.94. The molecule has 198 valence electrons. The Bertz CT molecular complexity index is 927. The number of carbonyl (C=O) groups excluding carboxylic acids is 6. The lowest BCUT2D eigenvalue weighted by Gasteiger charge is -2.22. The van der Waals surface area contributed by atoms with Crippen LogP contribution in [0.25, 0.3) is 0 Å². The first-order valence-corrected chi connectivity index (χ1v) is 11.2. The van der Waals surface area contributed by atoms with Gasteiger partial charge in [0.25, 0.3) is 0 Å². The lowest BCUT2D eigenvalue weighted by molar-refractivity contribution is -0.133. The molecule has 1 aromatic rings. The number of primary amides is 2. The molecule has 14 nitrogen and oxygen atoms in total. The Kier molecular flexibility index (Phi) is 13.0. The van der Waals surface area contributed by atoms with E-state index in [0.29, 0.717) is 12.0 Å². The number of nitrogens with two attached hydrogens (primary N) is 2. The van der Waals surface area contributed by atoms with Crippen LogP contribution in [0.15, 0.2) is 30.3 Å². The van der Waals surface area contributed by atoms with E-state index < -0.39 is 66.8 Å². The fraction of sp³-hybridized carbons (Fsp3) is 0.455. The van der Waals surface area contributed by atoms with Gasteiger partial charge in [0.1, 0.15) is 18.1 Å². The lowest BCUT2D eigenvalue weighted by atomic mass is 10.0. The molecule has 0 aromatic heterocycles. The molecular weight excluding hydrogens is 474 g/mol. The first-order chi connectivity index (χ1) is 17.0. The molecule has 0 bridgehead atoms. The highest BCUT2D eigenvalue weighted by atomic mass is 16.3. The molecule has 1 aromatic carbocycles. The highest BCUT2D eigenvalue weighted by Crippen LogP contribution is 2.04. The molecule has 10 N–H and O–H groups in total. The monoisotopic (exact) mass is 507 g/mol. The Morgan fingerprint density at radius 3 is 2.08 bits per heavy atom. The second kappa shape index (κ2) is 15.7. The number of aliphatic hydroxyl groups is 1. The number of aliphatic hydroxyl groups excluding tert-OH is 1. The van der Waals surface area contributed by atoms with Crippen LogP contribution in [0.3, 0.4) is 0 Å². The third-order valence-electron chi connectivity index (χ3n) is 4.86. The Morgan fingerprint density at radius 1 is 0.861 bits per heavy atom. The van der Waals surface area contributed by atoms with Crippen LogP contribution in [-0.2, 0) is 30.4 Å². The number of carbonyl (C=O) groups is 6.